The Hall–Kier alpha value is -2.15. The SMILES string of the molecule is Cc1cnc(CNc2nc(NN)ncc2C)o1. The number of nitrogens with zero attached hydrogens (tertiary/aromatic N) is 3. The predicted molar refractivity (Wildman–Crippen MR) is 63.1 cm³/mol. The van der Waals surface area contributed by atoms with Crippen LogP contribution in [0.15, 0.2) is 16.8 Å². The molecule has 0 aromatic carbocycles. The highest BCUT2D eigenvalue weighted by molar-refractivity contribution is 5.45. The van der Waals surface area contributed by atoms with Crippen LogP contribution in [-0.2, 0) is 6.54 Å². The lowest BCUT2D eigenvalue weighted by molar-refractivity contribution is 0.478. The highest BCUT2D eigenvalue weighted by Crippen LogP contribution is 2.13. The van der Waals surface area contributed by atoms with Gasteiger partial charge in [0.05, 0.1) is 12.7 Å². The Morgan fingerprint density at radius 2 is 2.12 bits per heavy atom. The van der Waals surface area contributed by atoms with Crippen molar-refractivity contribution in [1.29, 1.82) is 0 Å². The quantitative estimate of drug-likeness (QED) is 0.535. The maximum atomic E-state index is 5.34. The number of oxazole rings is 1. The van der Waals surface area contributed by atoms with Crippen molar-refractivity contribution in [3.8, 4) is 0 Å². The zero-order valence-corrected chi connectivity index (χ0v) is 9.69. The van der Waals surface area contributed by atoms with Crippen LogP contribution >= 0.6 is 0 Å². The van der Waals surface area contributed by atoms with Crippen molar-refractivity contribution in [3.05, 3.63) is 29.6 Å². The molecule has 0 fully saturated rings. The first kappa shape index (κ1) is 11.3. The van der Waals surface area contributed by atoms with E-state index in [0.29, 0.717) is 24.2 Å². The molecule has 7 nitrogen and oxygen atoms in total. The number of hydrogen-bond acceptors (Lipinski definition) is 7. The zero-order chi connectivity index (χ0) is 12.3. The van der Waals surface area contributed by atoms with Crippen molar-refractivity contribution < 1.29 is 4.42 Å². The Labute approximate surface area is 98.4 Å². The molecule has 2 aromatic rings. The number of nitrogen functional groups attached to an aromatic ring is 1. The molecule has 0 atom stereocenters. The summed E-state index contributed by atoms with van der Waals surface area (Å²) in [5, 5.41) is 3.11. The van der Waals surface area contributed by atoms with Gasteiger partial charge in [-0.2, -0.15) is 4.98 Å². The van der Waals surface area contributed by atoms with Crippen LogP contribution in [0, 0.1) is 13.8 Å². The Kier molecular flexibility index (Phi) is 3.20. The number of hydrazine groups is 1. The molecule has 90 valence electrons. The molecule has 2 heterocycles. The second kappa shape index (κ2) is 4.79. The minimum absolute atomic E-state index is 0.363. The molecule has 0 aliphatic rings. The third-order valence-electron chi connectivity index (χ3n) is 2.18. The maximum absolute atomic E-state index is 5.34. The molecular weight excluding hydrogens is 220 g/mol. The first-order valence-electron chi connectivity index (χ1n) is 5.14. The van der Waals surface area contributed by atoms with E-state index in [1.165, 1.54) is 0 Å². The van der Waals surface area contributed by atoms with Gasteiger partial charge in [0.1, 0.15) is 11.6 Å². The normalized spacial score (nSPS) is 10.3. The van der Waals surface area contributed by atoms with E-state index in [9.17, 15) is 0 Å². The van der Waals surface area contributed by atoms with Gasteiger partial charge in [0.15, 0.2) is 0 Å². The third kappa shape index (κ3) is 2.70. The number of hydrogen-bond donors (Lipinski definition) is 3. The van der Waals surface area contributed by atoms with E-state index < -0.39 is 0 Å². The summed E-state index contributed by atoms with van der Waals surface area (Å²) in [6.07, 6.45) is 3.36. The van der Waals surface area contributed by atoms with Crippen LogP contribution in [0.2, 0.25) is 0 Å². The molecule has 0 aliphatic carbocycles. The van der Waals surface area contributed by atoms with Gasteiger partial charge in [0.25, 0.3) is 0 Å². The molecule has 0 radical (unpaired) electrons. The Bertz CT molecular complexity index is 509. The van der Waals surface area contributed by atoms with E-state index in [-0.39, 0.29) is 0 Å². The van der Waals surface area contributed by atoms with Crippen molar-refractivity contribution in [3.63, 3.8) is 0 Å². The van der Waals surface area contributed by atoms with Gasteiger partial charge in [-0.25, -0.2) is 15.8 Å². The van der Waals surface area contributed by atoms with Crippen molar-refractivity contribution in [2.75, 3.05) is 10.7 Å². The van der Waals surface area contributed by atoms with Crippen LogP contribution in [-0.4, -0.2) is 15.0 Å². The van der Waals surface area contributed by atoms with Gasteiger partial charge in [-0.1, -0.05) is 0 Å². The molecule has 4 N–H and O–H groups in total. The lowest BCUT2D eigenvalue weighted by atomic mass is 10.3. The summed E-state index contributed by atoms with van der Waals surface area (Å²) in [6, 6.07) is 0. The monoisotopic (exact) mass is 234 g/mol. The lowest BCUT2D eigenvalue weighted by Crippen LogP contribution is -2.12. The molecule has 0 aliphatic heterocycles. The topological polar surface area (TPSA) is 102 Å². The predicted octanol–water partition coefficient (Wildman–Crippen LogP) is 0.979. The van der Waals surface area contributed by atoms with Crippen LogP contribution in [0.5, 0.6) is 0 Å². The van der Waals surface area contributed by atoms with E-state index in [1.54, 1.807) is 12.4 Å². The second-order valence-corrected chi connectivity index (χ2v) is 3.59. The summed E-state index contributed by atoms with van der Waals surface area (Å²) in [6.45, 7) is 4.22. The number of anilines is 2. The molecule has 0 amide bonds. The molecule has 2 aromatic heterocycles. The van der Waals surface area contributed by atoms with Crippen LogP contribution in [0.4, 0.5) is 11.8 Å². The molecule has 0 bridgehead atoms. The van der Waals surface area contributed by atoms with Crippen LogP contribution in [0.3, 0.4) is 0 Å². The van der Waals surface area contributed by atoms with E-state index in [0.717, 1.165) is 11.3 Å². The standard InChI is InChI=1S/C10H14N6O/c1-6-3-14-10(16-11)15-9(6)13-5-8-12-4-7(2)17-8/h3-4H,5,11H2,1-2H3,(H2,13,14,15,16). The first-order chi connectivity index (χ1) is 8.19. The summed E-state index contributed by atoms with van der Waals surface area (Å²) < 4.78 is 5.34. The Morgan fingerprint density at radius 1 is 1.29 bits per heavy atom. The summed E-state index contributed by atoms with van der Waals surface area (Å²) in [5.74, 6) is 7.70. The van der Waals surface area contributed by atoms with Crippen LogP contribution < -0.4 is 16.6 Å². The highest BCUT2D eigenvalue weighted by atomic mass is 16.4. The molecule has 0 saturated heterocycles. The zero-order valence-electron chi connectivity index (χ0n) is 9.69. The van der Waals surface area contributed by atoms with Gasteiger partial charge in [0.2, 0.25) is 11.8 Å². The smallest absolute Gasteiger partial charge is 0.239 e. The number of aryl methyl sites for hydroxylation is 2. The van der Waals surface area contributed by atoms with Gasteiger partial charge in [0, 0.05) is 11.8 Å². The molecule has 7 heteroatoms. The fraction of sp³-hybridized carbons (Fsp3) is 0.300. The molecule has 0 saturated carbocycles. The van der Waals surface area contributed by atoms with Crippen LogP contribution in [0.1, 0.15) is 17.2 Å². The van der Waals surface area contributed by atoms with Gasteiger partial charge < -0.3 is 9.73 Å². The van der Waals surface area contributed by atoms with E-state index >= 15 is 0 Å². The second-order valence-electron chi connectivity index (χ2n) is 3.59. The lowest BCUT2D eigenvalue weighted by Gasteiger charge is -2.07. The summed E-state index contributed by atoms with van der Waals surface area (Å²) in [5.41, 5.74) is 3.32. The summed E-state index contributed by atoms with van der Waals surface area (Å²) in [7, 11) is 0. The first-order valence-corrected chi connectivity index (χ1v) is 5.14. The highest BCUT2D eigenvalue weighted by Gasteiger charge is 2.05. The molecule has 17 heavy (non-hydrogen) atoms. The fourth-order valence-electron chi connectivity index (χ4n) is 1.33. The molecule has 2 rings (SSSR count). The number of rotatable bonds is 4. The Morgan fingerprint density at radius 3 is 2.76 bits per heavy atom. The average Bonchev–Trinajstić information content (AvgIpc) is 2.74. The van der Waals surface area contributed by atoms with Crippen molar-refractivity contribution in [1.82, 2.24) is 15.0 Å². The Balaban J connectivity index is 2.07. The number of nitrogens with two attached hydrogens (primary N) is 1. The van der Waals surface area contributed by atoms with Crippen molar-refractivity contribution >= 4 is 11.8 Å². The minimum Gasteiger partial charge on any atom is -0.444 e. The van der Waals surface area contributed by atoms with Crippen molar-refractivity contribution in [2.24, 2.45) is 5.84 Å². The van der Waals surface area contributed by atoms with E-state index in [2.05, 4.69) is 25.7 Å². The third-order valence-corrected chi connectivity index (χ3v) is 2.18. The molecular formula is C10H14N6O. The maximum Gasteiger partial charge on any atom is 0.239 e. The molecule has 0 spiro atoms. The molecule has 0 unspecified atom stereocenters. The van der Waals surface area contributed by atoms with E-state index in [1.807, 2.05) is 13.8 Å². The van der Waals surface area contributed by atoms with Gasteiger partial charge >= 0.3 is 0 Å². The number of aromatic nitrogens is 3. The van der Waals surface area contributed by atoms with Crippen LogP contribution in [0.25, 0.3) is 0 Å². The number of nitrogens with one attached hydrogen (secondary N) is 2. The van der Waals surface area contributed by atoms with Crippen molar-refractivity contribution in [2.45, 2.75) is 20.4 Å². The minimum atomic E-state index is 0.363. The fourth-order valence-corrected chi connectivity index (χ4v) is 1.33. The summed E-state index contributed by atoms with van der Waals surface area (Å²) >= 11 is 0. The van der Waals surface area contributed by atoms with Gasteiger partial charge in [-0.05, 0) is 13.8 Å². The van der Waals surface area contributed by atoms with Gasteiger partial charge in [-0.3, -0.25) is 5.43 Å². The average molecular weight is 234 g/mol. The summed E-state index contributed by atoms with van der Waals surface area (Å²) in [4.78, 5) is 12.3. The largest absolute Gasteiger partial charge is 0.444 e. The van der Waals surface area contributed by atoms with Gasteiger partial charge in [-0.15, -0.1) is 0 Å². The van der Waals surface area contributed by atoms with E-state index in [4.69, 9.17) is 10.3 Å².